The fraction of sp³-hybridized carbons (Fsp3) is 0.406. The maximum absolute atomic E-state index is 15.6. The number of aromatic nitrogens is 1. The lowest BCUT2D eigenvalue weighted by atomic mass is 9.72. The van der Waals surface area contributed by atoms with Crippen molar-refractivity contribution < 1.29 is 23.8 Å². The number of aryl methyl sites for hydroxylation is 1. The van der Waals surface area contributed by atoms with Crippen molar-refractivity contribution in [2.24, 2.45) is 5.92 Å². The molecule has 1 aromatic heterocycles. The highest BCUT2D eigenvalue weighted by atomic mass is 19.1. The van der Waals surface area contributed by atoms with Crippen molar-refractivity contribution in [3.8, 4) is 11.1 Å². The van der Waals surface area contributed by atoms with Crippen LogP contribution in [0.5, 0.6) is 0 Å². The first-order valence-electron chi connectivity index (χ1n) is 14.0. The van der Waals surface area contributed by atoms with Crippen molar-refractivity contribution in [2.45, 2.75) is 51.0 Å². The zero-order valence-electron chi connectivity index (χ0n) is 23.2. The van der Waals surface area contributed by atoms with E-state index in [1.54, 1.807) is 29.4 Å². The highest BCUT2D eigenvalue weighted by molar-refractivity contribution is 5.79. The number of halogens is 1. The Balaban J connectivity index is 1.68. The molecule has 0 saturated carbocycles. The van der Waals surface area contributed by atoms with Gasteiger partial charge in [0, 0.05) is 44.0 Å². The van der Waals surface area contributed by atoms with Crippen LogP contribution >= 0.6 is 0 Å². The number of carbonyl (C=O) groups is 2. The Bertz CT molecular complexity index is 1300. The van der Waals surface area contributed by atoms with E-state index >= 15 is 4.39 Å². The molecule has 0 spiro atoms. The molecule has 8 heteroatoms. The molecule has 0 bridgehead atoms. The summed E-state index contributed by atoms with van der Waals surface area (Å²) in [4.78, 5) is 30.7. The first-order chi connectivity index (χ1) is 19.4. The molecule has 1 aliphatic heterocycles. The average Bonchev–Trinajstić information content (AvgIpc) is 2.99. The van der Waals surface area contributed by atoms with Crippen LogP contribution in [0.2, 0.25) is 0 Å². The molecule has 1 saturated heterocycles. The molecule has 2 amide bonds. The van der Waals surface area contributed by atoms with Crippen molar-refractivity contribution in [3.05, 3.63) is 89.5 Å². The molecule has 7 nitrogen and oxygen atoms in total. The second-order valence-corrected chi connectivity index (χ2v) is 10.3. The van der Waals surface area contributed by atoms with Gasteiger partial charge >= 0.3 is 6.09 Å². The van der Waals surface area contributed by atoms with E-state index in [4.69, 9.17) is 4.74 Å². The van der Waals surface area contributed by atoms with Crippen LogP contribution in [-0.4, -0.2) is 53.7 Å². The summed E-state index contributed by atoms with van der Waals surface area (Å²) in [5, 5.41) is 15.0. The molecule has 2 N–H and O–H groups in total. The number of pyridine rings is 1. The summed E-state index contributed by atoms with van der Waals surface area (Å²) in [6, 6.07) is 16.2. The predicted molar refractivity (Wildman–Crippen MR) is 152 cm³/mol. The number of hydrogen-bond donors (Lipinski definition) is 2. The standard InChI is InChI=1S/C32H38FN3O4/c1-3-23-8-4-9-25(20-23)30-27(11-5-12-28(30)33)32(39,15-7-19-40-31(38)34-2)26-10-6-18-36(22-26)29(37)21-24-13-16-35-17-14-24/h4-5,8-9,11-14,16-17,20,26,39H,3,6-7,10,15,18-19,21-22H2,1-2H3,(H,34,38). The maximum atomic E-state index is 15.6. The van der Waals surface area contributed by atoms with E-state index in [0.29, 0.717) is 42.6 Å². The molecule has 4 rings (SSSR count). The number of carbonyl (C=O) groups excluding carboxylic acids is 2. The lowest BCUT2D eigenvalue weighted by Crippen LogP contribution is -2.49. The number of hydrogen-bond acceptors (Lipinski definition) is 5. The van der Waals surface area contributed by atoms with Crippen LogP contribution < -0.4 is 5.32 Å². The topological polar surface area (TPSA) is 91.8 Å². The first-order valence-corrected chi connectivity index (χ1v) is 14.0. The van der Waals surface area contributed by atoms with Gasteiger partial charge in [-0.05, 0) is 72.6 Å². The number of rotatable bonds is 10. The lowest BCUT2D eigenvalue weighted by molar-refractivity contribution is -0.136. The lowest BCUT2D eigenvalue weighted by Gasteiger charge is -2.43. The van der Waals surface area contributed by atoms with Gasteiger partial charge in [0.2, 0.25) is 5.91 Å². The van der Waals surface area contributed by atoms with E-state index in [0.717, 1.165) is 24.0 Å². The fourth-order valence-corrected chi connectivity index (χ4v) is 5.64. The van der Waals surface area contributed by atoms with Crippen LogP contribution in [-0.2, 0) is 28.0 Å². The van der Waals surface area contributed by atoms with E-state index in [1.165, 1.54) is 13.1 Å². The van der Waals surface area contributed by atoms with E-state index < -0.39 is 17.5 Å². The van der Waals surface area contributed by atoms with Crippen molar-refractivity contribution in [1.82, 2.24) is 15.2 Å². The van der Waals surface area contributed by atoms with Gasteiger partial charge in [0.05, 0.1) is 18.6 Å². The number of benzene rings is 2. The number of amides is 2. The minimum Gasteiger partial charge on any atom is -0.450 e. The van der Waals surface area contributed by atoms with Gasteiger partial charge in [0.25, 0.3) is 0 Å². The van der Waals surface area contributed by atoms with Crippen molar-refractivity contribution in [1.29, 1.82) is 0 Å². The Labute approximate surface area is 235 Å². The van der Waals surface area contributed by atoms with E-state index in [9.17, 15) is 14.7 Å². The molecule has 2 heterocycles. The normalized spacial score (nSPS) is 16.7. The number of likely N-dealkylation sites (tertiary alicyclic amines) is 1. The molecule has 0 radical (unpaired) electrons. The van der Waals surface area contributed by atoms with Gasteiger partial charge in [0.15, 0.2) is 0 Å². The minimum atomic E-state index is -1.46. The third-order valence-corrected chi connectivity index (χ3v) is 7.80. The summed E-state index contributed by atoms with van der Waals surface area (Å²) < 4.78 is 20.8. The number of aliphatic hydroxyl groups is 1. The first kappa shape index (κ1) is 29.2. The number of ether oxygens (including phenoxy) is 1. The van der Waals surface area contributed by atoms with Crippen LogP contribution in [0.4, 0.5) is 9.18 Å². The van der Waals surface area contributed by atoms with Crippen LogP contribution in [0, 0.1) is 11.7 Å². The number of nitrogens with one attached hydrogen (secondary N) is 1. The third-order valence-electron chi connectivity index (χ3n) is 7.80. The Morgan fingerprint density at radius 3 is 2.67 bits per heavy atom. The zero-order chi connectivity index (χ0) is 28.5. The quantitative estimate of drug-likeness (QED) is 0.338. The Kier molecular flexibility index (Phi) is 9.88. The monoisotopic (exact) mass is 547 g/mol. The maximum Gasteiger partial charge on any atom is 0.406 e. The van der Waals surface area contributed by atoms with Gasteiger partial charge in [-0.3, -0.25) is 9.78 Å². The summed E-state index contributed by atoms with van der Waals surface area (Å²) in [7, 11) is 1.49. The Morgan fingerprint density at radius 1 is 1.15 bits per heavy atom. The highest BCUT2D eigenvalue weighted by Crippen LogP contribution is 2.44. The zero-order valence-corrected chi connectivity index (χ0v) is 23.2. The van der Waals surface area contributed by atoms with E-state index in [1.807, 2.05) is 43.3 Å². The molecule has 40 heavy (non-hydrogen) atoms. The molecule has 2 atom stereocenters. The van der Waals surface area contributed by atoms with Crippen LogP contribution in [0.25, 0.3) is 11.1 Å². The summed E-state index contributed by atoms with van der Waals surface area (Å²) >= 11 is 0. The second-order valence-electron chi connectivity index (χ2n) is 10.3. The van der Waals surface area contributed by atoms with Crippen LogP contribution in [0.15, 0.2) is 67.0 Å². The third kappa shape index (κ3) is 6.86. The van der Waals surface area contributed by atoms with Crippen molar-refractivity contribution in [3.63, 3.8) is 0 Å². The number of piperidine rings is 1. The predicted octanol–water partition coefficient (Wildman–Crippen LogP) is 5.26. The number of nitrogens with zero attached hydrogens (tertiary/aromatic N) is 2. The Morgan fingerprint density at radius 2 is 1.93 bits per heavy atom. The van der Waals surface area contributed by atoms with Gasteiger partial charge in [0.1, 0.15) is 5.82 Å². The fourth-order valence-electron chi connectivity index (χ4n) is 5.64. The van der Waals surface area contributed by atoms with Crippen LogP contribution in [0.3, 0.4) is 0 Å². The molecule has 0 aliphatic carbocycles. The molecule has 2 unspecified atom stereocenters. The Hall–Kier alpha value is -3.78. The molecule has 1 fully saturated rings. The van der Waals surface area contributed by atoms with Gasteiger partial charge in [-0.15, -0.1) is 0 Å². The molecular formula is C32H38FN3O4. The number of alkyl carbamates (subject to hydrolysis) is 1. The van der Waals surface area contributed by atoms with Gasteiger partial charge in [-0.25, -0.2) is 9.18 Å². The molecule has 212 valence electrons. The highest BCUT2D eigenvalue weighted by Gasteiger charge is 2.43. The largest absolute Gasteiger partial charge is 0.450 e. The van der Waals surface area contributed by atoms with Crippen LogP contribution in [0.1, 0.15) is 49.3 Å². The van der Waals surface area contributed by atoms with Gasteiger partial charge in [-0.1, -0.05) is 43.3 Å². The minimum absolute atomic E-state index is 0.0173. The van der Waals surface area contributed by atoms with Gasteiger partial charge in [-0.2, -0.15) is 0 Å². The van der Waals surface area contributed by atoms with Gasteiger partial charge < -0.3 is 20.1 Å². The van der Waals surface area contributed by atoms with Crippen molar-refractivity contribution >= 4 is 12.0 Å². The summed E-state index contributed by atoms with van der Waals surface area (Å²) in [6.07, 6.45) is 5.86. The molecule has 2 aromatic carbocycles. The average molecular weight is 548 g/mol. The van der Waals surface area contributed by atoms with Crippen molar-refractivity contribution in [2.75, 3.05) is 26.7 Å². The smallest absolute Gasteiger partial charge is 0.406 e. The summed E-state index contributed by atoms with van der Waals surface area (Å²) in [6.45, 7) is 3.10. The van der Waals surface area contributed by atoms with E-state index in [2.05, 4.69) is 10.3 Å². The van der Waals surface area contributed by atoms with E-state index in [-0.39, 0.29) is 31.3 Å². The summed E-state index contributed by atoms with van der Waals surface area (Å²) in [5.74, 6) is -0.763. The molecular weight excluding hydrogens is 509 g/mol. The molecule has 1 aliphatic rings. The SMILES string of the molecule is CCc1cccc(-c2c(F)cccc2C(O)(CCCOC(=O)NC)C2CCCN(C(=O)Cc3ccncc3)C2)c1. The molecule has 3 aromatic rings. The second kappa shape index (κ2) is 13.5. The summed E-state index contributed by atoms with van der Waals surface area (Å²) in [5.41, 5.74) is 2.06.